The monoisotopic (exact) mass is 691 g/mol. The van der Waals surface area contributed by atoms with E-state index in [9.17, 15) is 31.2 Å². The molecule has 7 nitrogen and oxygen atoms in total. The fourth-order valence-corrected chi connectivity index (χ4v) is 6.30. The van der Waals surface area contributed by atoms with Gasteiger partial charge in [0.05, 0.1) is 31.2 Å². The van der Waals surface area contributed by atoms with Crippen LogP contribution < -0.4 is 9.62 Å². The Morgan fingerprint density at radius 3 is 2.09 bits per heavy atom. The van der Waals surface area contributed by atoms with Crippen LogP contribution in [0.5, 0.6) is 0 Å². The molecule has 238 valence electrons. The highest BCUT2D eigenvalue weighted by molar-refractivity contribution is 7.92. The first-order chi connectivity index (χ1) is 20.6. The van der Waals surface area contributed by atoms with E-state index < -0.39 is 56.9 Å². The Balaban J connectivity index is 2.15. The molecule has 0 aliphatic rings. The molecule has 0 bridgehead atoms. The summed E-state index contributed by atoms with van der Waals surface area (Å²) in [6.45, 7) is 4.25. The maximum absolute atomic E-state index is 14.1. The van der Waals surface area contributed by atoms with E-state index >= 15 is 0 Å². The lowest BCUT2D eigenvalue weighted by Crippen LogP contribution is -2.53. The van der Waals surface area contributed by atoms with Gasteiger partial charge in [0.1, 0.15) is 12.6 Å². The van der Waals surface area contributed by atoms with Gasteiger partial charge in [0, 0.05) is 12.6 Å². The second kappa shape index (κ2) is 14.9. The van der Waals surface area contributed by atoms with E-state index in [4.69, 9.17) is 34.8 Å². The van der Waals surface area contributed by atoms with Crippen LogP contribution in [0.25, 0.3) is 0 Å². The highest BCUT2D eigenvalue weighted by Gasteiger charge is 2.37. The van der Waals surface area contributed by atoms with Gasteiger partial charge in [-0.1, -0.05) is 72.9 Å². The molecule has 3 aromatic rings. The third kappa shape index (κ3) is 8.59. The van der Waals surface area contributed by atoms with Crippen molar-refractivity contribution in [1.82, 2.24) is 10.2 Å². The summed E-state index contributed by atoms with van der Waals surface area (Å²) in [5.74, 6) is -1.32. The highest BCUT2D eigenvalue weighted by atomic mass is 35.5. The van der Waals surface area contributed by atoms with Crippen LogP contribution in [-0.4, -0.2) is 43.8 Å². The van der Waals surface area contributed by atoms with E-state index in [1.54, 1.807) is 26.0 Å². The second-order valence-electron chi connectivity index (χ2n) is 10.00. The van der Waals surface area contributed by atoms with E-state index in [0.717, 1.165) is 12.1 Å². The molecule has 0 saturated carbocycles. The molecular formula is C30H31Cl3F3N3O4S. The normalized spacial score (nSPS) is 13.2. The number of amides is 2. The summed E-state index contributed by atoms with van der Waals surface area (Å²) in [4.78, 5) is 28.4. The summed E-state index contributed by atoms with van der Waals surface area (Å²) in [6.07, 6.45) is -4.13. The average molecular weight is 693 g/mol. The Morgan fingerprint density at radius 2 is 1.52 bits per heavy atom. The molecule has 2 amide bonds. The van der Waals surface area contributed by atoms with Crippen LogP contribution in [0.2, 0.25) is 15.1 Å². The molecule has 14 heteroatoms. The van der Waals surface area contributed by atoms with Crippen molar-refractivity contribution in [2.75, 3.05) is 10.8 Å². The Bertz CT molecular complexity index is 1590. The van der Waals surface area contributed by atoms with Crippen LogP contribution in [0.3, 0.4) is 0 Å². The van der Waals surface area contributed by atoms with Crippen molar-refractivity contribution in [3.8, 4) is 0 Å². The molecule has 3 rings (SSSR count). The molecule has 0 fully saturated rings. The van der Waals surface area contributed by atoms with Gasteiger partial charge in [0.2, 0.25) is 11.8 Å². The topological polar surface area (TPSA) is 86.8 Å². The number of hydrogen-bond donors (Lipinski definition) is 1. The van der Waals surface area contributed by atoms with Crippen LogP contribution in [0, 0.1) is 0 Å². The van der Waals surface area contributed by atoms with Crippen LogP contribution in [-0.2, 0) is 32.3 Å². The minimum Gasteiger partial charge on any atom is -0.352 e. The van der Waals surface area contributed by atoms with E-state index in [1.165, 1.54) is 41.3 Å². The molecule has 0 spiro atoms. The zero-order chi connectivity index (χ0) is 32.8. The third-order valence-corrected chi connectivity index (χ3v) is 9.73. The van der Waals surface area contributed by atoms with Crippen LogP contribution >= 0.6 is 34.8 Å². The SMILES string of the molecule is CC[C@@H](C)NC(=O)[C@@H](CC)N(Cc1ccc(Cl)c(Cl)c1)C(=O)CN(c1ccc(Cl)c(C(F)(F)F)c1)S(=O)(=O)c1ccccc1. The number of alkyl halides is 3. The van der Waals surface area contributed by atoms with E-state index in [-0.39, 0.29) is 33.9 Å². The van der Waals surface area contributed by atoms with Gasteiger partial charge >= 0.3 is 6.18 Å². The van der Waals surface area contributed by atoms with Crippen LogP contribution in [0.15, 0.2) is 71.6 Å². The van der Waals surface area contributed by atoms with Crippen LogP contribution in [0.1, 0.15) is 44.7 Å². The minimum absolute atomic E-state index is 0.153. The average Bonchev–Trinajstić information content (AvgIpc) is 2.97. The number of benzene rings is 3. The summed E-state index contributed by atoms with van der Waals surface area (Å²) in [5, 5.41) is 2.66. The lowest BCUT2D eigenvalue weighted by molar-refractivity contribution is -0.140. The maximum Gasteiger partial charge on any atom is 0.417 e. The standard InChI is InChI=1S/C30H31Cl3F3N3O4S/c1-4-19(3)37-29(41)27(5-2)38(17-20-11-13-25(32)26(33)15-20)28(40)18-39(44(42,43)22-9-7-6-8-10-22)21-12-14-24(31)23(16-21)30(34,35)36/h6-16,19,27H,4-5,17-18H2,1-3H3,(H,37,41)/t19-,27-/m1/s1. The van der Waals surface area contributed by atoms with Gasteiger partial charge in [0.15, 0.2) is 0 Å². The number of carbonyl (C=O) groups excluding carboxylic acids is 2. The van der Waals surface area contributed by atoms with Crippen molar-refractivity contribution in [2.45, 2.75) is 63.3 Å². The van der Waals surface area contributed by atoms with Crippen LogP contribution in [0.4, 0.5) is 18.9 Å². The molecule has 2 atom stereocenters. The van der Waals surface area contributed by atoms with E-state index in [0.29, 0.717) is 22.4 Å². The zero-order valence-electron chi connectivity index (χ0n) is 24.0. The number of halogens is 6. The van der Waals surface area contributed by atoms with Crippen molar-refractivity contribution >= 4 is 62.3 Å². The first-order valence-corrected chi connectivity index (χ1v) is 16.2. The molecule has 0 unspecified atom stereocenters. The minimum atomic E-state index is -4.90. The summed E-state index contributed by atoms with van der Waals surface area (Å²) in [7, 11) is -4.58. The molecule has 0 aromatic heterocycles. The van der Waals surface area contributed by atoms with Gasteiger partial charge in [-0.15, -0.1) is 0 Å². The Morgan fingerprint density at radius 1 is 0.886 bits per heavy atom. The van der Waals surface area contributed by atoms with Gasteiger partial charge in [-0.25, -0.2) is 8.42 Å². The predicted octanol–water partition coefficient (Wildman–Crippen LogP) is 7.58. The Labute approximate surface area is 269 Å². The smallest absolute Gasteiger partial charge is 0.352 e. The summed E-state index contributed by atoms with van der Waals surface area (Å²) >= 11 is 18.1. The summed E-state index contributed by atoms with van der Waals surface area (Å²) in [6, 6.07) is 12.9. The molecule has 0 heterocycles. The second-order valence-corrected chi connectivity index (χ2v) is 13.1. The lowest BCUT2D eigenvalue weighted by Gasteiger charge is -2.34. The molecule has 0 aliphatic carbocycles. The maximum atomic E-state index is 14.1. The molecule has 0 radical (unpaired) electrons. The number of carbonyl (C=O) groups is 2. The molecule has 0 saturated heterocycles. The fraction of sp³-hybridized carbons (Fsp3) is 0.333. The van der Waals surface area contributed by atoms with Gasteiger partial charge in [0.25, 0.3) is 10.0 Å². The number of nitrogens with zero attached hydrogens (tertiary/aromatic N) is 2. The quantitative estimate of drug-likeness (QED) is 0.212. The number of rotatable bonds is 12. The van der Waals surface area contributed by atoms with Crippen molar-refractivity contribution in [2.24, 2.45) is 0 Å². The van der Waals surface area contributed by atoms with E-state index in [1.807, 2.05) is 6.92 Å². The molecule has 44 heavy (non-hydrogen) atoms. The molecular weight excluding hydrogens is 662 g/mol. The van der Waals surface area contributed by atoms with Crippen molar-refractivity contribution in [3.63, 3.8) is 0 Å². The Kier molecular flexibility index (Phi) is 12.0. The largest absolute Gasteiger partial charge is 0.417 e. The van der Waals surface area contributed by atoms with Crippen molar-refractivity contribution in [3.05, 3.63) is 92.9 Å². The van der Waals surface area contributed by atoms with E-state index in [2.05, 4.69) is 5.32 Å². The summed E-state index contributed by atoms with van der Waals surface area (Å²) in [5.41, 5.74) is -1.22. The Hall–Kier alpha value is -2.99. The summed E-state index contributed by atoms with van der Waals surface area (Å²) < 4.78 is 69.7. The number of nitrogens with one attached hydrogen (secondary N) is 1. The number of hydrogen-bond acceptors (Lipinski definition) is 4. The lowest BCUT2D eigenvalue weighted by atomic mass is 10.1. The van der Waals surface area contributed by atoms with Crippen molar-refractivity contribution < 1.29 is 31.2 Å². The fourth-order valence-electron chi connectivity index (χ4n) is 4.33. The first-order valence-electron chi connectivity index (χ1n) is 13.6. The van der Waals surface area contributed by atoms with Gasteiger partial charge < -0.3 is 10.2 Å². The van der Waals surface area contributed by atoms with Gasteiger partial charge in [-0.05, 0) is 67.8 Å². The molecule has 1 N–H and O–H groups in total. The highest BCUT2D eigenvalue weighted by Crippen LogP contribution is 2.38. The number of anilines is 1. The van der Waals surface area contributed by atoms with Crippen molar-refractivity contribution in [1.29, 1.82) is 0 Å². The third-order valence-electron chi connectivity index (χ3n) is 6.88. The number of sulfonamides is 1. The predicted molar refractivity (Wildman–Crippen MR) is 166 cm³/mol. The van der Waals surface area contributed by atoms with Gasteiger partial charge in [-0.2, -0.15) is 13.2 Å². The molecule has 3 aromatic carbocycles. The first kappa shape index (κ1) is 35.5. The molecule has 0 aliphatic heterocycles. The zero-order valence-corrected chi connectivity index (χ0v) is 27.1. The van der Waals surface area contributed by atoms with Gasteiger partial charge in [-0.3, -0.25) is 13.9 Å².